The van der Waals surface area contributed by atoms with E-state index in [1.807, 2.05) is 20.8 Å². The van der Waals surface area contributed by atoms with E-state index in [2.05, 4.69) is 5.16 Å². The molecule has 0 aromatic carbocycles. The summed E-state index contributed by atoms with van der Waals surface area (Å²) >= 11 is 0. The van der Waals surface area contributed by atoms with Crippen LogP contribution in [0.2, 0.25) is 0 Å². The Bertz CT molecular complexity index is 352. The second kappa shape index (κ2) is 3.92. The molecule has 5 heteroatoms. The van der Waals surface area contributed by atoms with Crippen molar-refractivity contribution < 1.29 is 14.4 Å². The number of aromatic nitrogens is 1. The van der Waals surface area contributed by atoms with E-state index in [9.17, 15) is 4.79 Å². The molecule has 1 N–H and O–H groups in total. The zero-order chi connectivity index (χ0) is 11.6. The number of amides is 1. The Hall–Kier alpha value is -1.52. The summed E-state index contributed by atoms with van der Waals surface area (Å²) in [5, 5.41) is 12.8. The molecule has 0 aliphatic heterocycles. The summed E-state index contributed by atoms with van der Waals surface area (Å²) in [6.07, 6.45) is -0.962. The van der Waals surface area contributed by atoms with Gasteiger partial charge < -0.3 is 9.63 Å². The molecule has 0 saturated carbocycles. The molecular weight excluding hydrogens is 196 g/mol. The van der Waals surface area contributed by atoms with Crippen LogP contribution in [-0.2, 0) is 6.54 Å². The smallest absolute Gasteiger partial charge is 0.408 e. The van der Waals surface area contributed by atoms with Gasteiger partial charge in [-0.05, 0) is 27.7 Å². The summed E-state index contributed by atoms with van der Waals surface area (Å²) in [5.41, 5.74) is 0.302. The Labute approximate surface area is 88.7 Å². The van der Waals surface area contributed by atoms with E-state index in [0.29, 0.717) is 5.76 Å². The molecule has 0 fully saturated rings. The van der Waals surface area contributed by atoms with Gasteiger partial charge in [-0.1, -0.05) is 5.16 Å². The van der Waals surface area contributed by atoms with E-state index in [1.165, 1.54) is 4.90 Å². The number of carboxylic acid groups (broad SMARTS) is 1. The molecule has 5 nitrogen and oxygen atoms in total. The highest BCUT2D eigenvalue weighted by molar-refractivity contribution is 5.65. The highest BCUT2D eigenvalue weighted by Crippen LogP contribution is 2.17. The van der Waals surface area contributed by atoms with Gasteiger partial charge >= 0.3 is 6.09 Å². The first kappa shape index (κ1) is 11.6. The van der Waals surface area contributed by atoms with Crippen molar-refractivity contribution >= 4 is 6.09 Å². The molecule has 15 heavy (non-hydrogen) atoms. The van der Waals surface area contributed by atoms with Crippen LogP contribution in [0.25, 0.3) is 0 Å². The Kier molecular flexibility index (Phi) is 3.02. The standard InChI is InChI=1S/C10H16N2O3/c1-7-5-8(15-11-7)6-12(9(13)14)10(2,3)4/h5H,6H2,1-4H3,(H,13,14). The maximum absolute atomic E-state index is 11.0. The second-order valence-corrected chi connectivity index (χ2v) is 4.47. The van der Waals surface area contributed by atoms with Crippen LogP contribution in [0.4, 0.5) is 4.79 Å². The molecule has 0 bridgehead atoms. The van der Waals surface area contributed by atoms with Crippen molar-refractivity contribution in [1.82, 2.24) is 10.1 Å². The van der Waals surface area contributed by atoms with E-state index in [1.54, 1.807) is 13.0 Å². The van der Waals surface area contributed by atoms with Gasteiger partial charge in [0, 0.05) is 11.6 Å². The van der Waals surface area contributed by atoms with E-state index in [4.69, 9.17) is 9.63 Å². The fourth-order valence-electron chi connectivity index (χ4n) is 1.24. The molecule has 0 atom stereocenters. The van der Waals surface area contributed by atoms with Crippen LogP contribution in [0.5, 0.6) is 0 Å². The van der Waals surface area contributed by atoms with Gasteiger partial charge in [0.1, 0.15) is 0 Å². The fourth-order valence-corrected chi connectivity index (χ4v) is 1.24. The largest absolute Gasteiger partial charge is 0.465 e. The predicted molar refractivity (Wildman–Crippen MR) is 54.6 cm³/mol. The van der Waals surface area contributed by atoms with Crippen LogP contribution in [0.1, 0.15) is 32.2 Å². The van der Waals surface area contributed by atoms with Gasteiger partial charge in [-0.25, -0.2) is 4.79 Å². The zero-order valence-corrected chi connectivity index (χ0v) is 9.44. The molecule has 1 aromatic rings. The van der Waals surface area contributed by atoms with Gasteiger partial charge in [0.05, 0.1) is 12.2 Å². The van der Waals surface area contributed by atoms with Gasteiger partial charge in [-0.15, -0.1) is 0 Å². The minimum absolute atomic E-state index is 0.222. The third-order valence-electron chi connectivity index (χ3n) is 2.03. The maximum atomic E-state index is 11.0. The first-order valence-corrected chi connectivity index (χ1v) is 4.73. The Balaban J connectivity index is 2.81. The van der Waals surface area contributed by atoms with Crippen LogP contribution in [-0.4, -0.2) is 26.8 Å². The Morgan fingerprint density at radius 2 is 2.20 bits per heavy atom. The van der Waals surface area contributed by atoms with Crippen LogP contribution >= 0.6 is 0 Å². The van der Waals surface area contributed by atoms with Crippen molar-refractivity contribution in [2.45, 2.75) is 39.8 Å². The monoisotopic (exact) mass is 212 g/mol. The number of aryl methyl sites for hydroxylation is 1. The average molecular weight is 212 g/mol. The Morgan fingerprint density at radius 3 is 2.53 bits per heavy atom. The number of hydrogen-bond donors (Lipinski definition) is 1. The number of carbonyl (C=O) groups is 1. The molecule has 0 saturated heterocycles. The van der Waals surface area contributed by atoms with Crippen LogP contribution in [0.15, 0.2) is 10.6 Å². The lowest BCUT2D eigenvalue weighted by atomic mass is 10.1. The van der Waals surface area contributed by atoms with Crippen LogP contribution < -0.4 is 0 Å². The minimum atomic E-state index is -0.962. The molecule has 1 amide bonds. The van der Waals surface area contributed by atoms with Crippen molar-refractivity contribution in [3.63, 3.8) is 0 Å². The number of hydrogen-bond acceptors (Lipinski definition) is 3. The van der Waals surface area contributed by atoms with E-state index < -0.39 is 11.6 Å². The molecule has 0 aliphatic carbocycles. The lowest BCUT2D eigenvalue weighted by Gasteiger charge is -2.32. The molecule has 0 radical (unpaired) electrons. The molecule has 1 rings (SSSR count). The first-order valence-electron chi connectivity index (χ1n) is 4.73. The summed E-state index contributed by atoms with van der Waals surface area (Å²) in [7, 11) is 0. The molecule has 1 aromatic heterocycles. The lowest BCUT2D eigenvalue weighted by Crippen LogP contribution is -2.44. The van der Waals surface area contributed by atoms with Gasteiger partial charge in [0.15, 0.2) is 5.76 Å². The van der Waals surface area contributed by atoms with Crippen molar-refractivity contribution in [2.24, 2.45) is 0 Å². The zero-order valence-electron chi connectivity index (χ0n) is 9.44. The number of nitrogens with zero attached hydrogens (tertiary/aromatic N) is 2. The molecule has 1 heterocycles. The van der Waals surface area contributed by atoms with Crippen LogP contribution in [0, 0.1) is 6.92 Å². The molecule has 0 unspecified atom stereocenters. The minimum Gasteiger partial charge on any atom is -0.465 e. The molecular formula is C10H16N2O3. The van der Waals surface area contributed by atoms with Crippen molar-refractivity contribution in [3.8, 4) is 0 Å². The summed E-state index contributed by atoms with van der Waals surface area (Å²) < 4.78 is 4.99. The molecule has 0 aliphatic rings. The third kappa shape index (κ3) is 2.97. The van der Waals surface area contributed by atoms with E-state index in [0.717, 1.165) is 5.69 Å². The predicted octanol–water partition coefficient (Wildman–Crippen LogP) is 2.26. The highest BCUT2D eigenvalue weighted by atomic mass is 16.5. The topological polar surface area (TPSA) is 66.6 Å². The second-order valence-electron chi connectivity index (χ2n) is 4.47. The van der Waals surface area contributed by atoms with Gasteiger partial charge in [0.2, 0.25) is 0 Å². The normalized spacial score (nSPS) is 11.5. The van der Waals surface area contributed by atoms with E-state index >= 15 is 0 Å². The maximum Gasteiger partial charge on any atom is 0.408 e. The highest BCUT2D eigenvalue weighted by Gasteiger charge is 2.27. The SMILES string of the molecule is Cc1cc(CN(C(=O)O)C(C)(C)C)on1. The first-order chi connectivity index (χ1) is 6.80. The summed E-state index contributed by atoms with van der Waals surface area (Å²) in [6.45, 7) is 7.54. The Morgan fingerprint density at radius 1 is 1.60 bits per heavy atom. The quantitative estimate of drug-likeness (QED) is 0.816. The molecule has 0 spiro atoms. The summed E-state index contributed by atoms with van der Waals surface area (Å²) in [4.78, 5) is 12.3. The average Bonchev–Trinajstić information content (AvgIpc) is 2.44. The fraction of sp³-hybridized carbons (Fsp3) is 0.600. The van der Waals surface area contributed by atoms with Gasteiger partial charge in [-0.2, -0.15) is 0 Å². The lowest BCUT2D eigenvalue weighted by molar-refractivity contribution is 0.0890. The van der Waals surface area contributed by atoms with Crippen molar-refractivity contribution in [1.29, 1.82) is 0 Å². The molecule has 84 valence electrons. The van der Waals surface area contributed by atoms with E-state index in [-0.39, 0.29) is 6.54 Å². The van der Waals surface area contributed by atoms with Crippen molar-refractivity contribution in [3.05, 3.63) is 17.5 Å². The van der Waals surface area contributed by atoms with Gasteiger partial charge in [0.25, 0.3) is 0 Å². The van der Waals surface area contributed by atoms with Crippen molar-refractivity contribution in [2.75, 3.05) is 0 Å². The van der Waals surface area contributed by atoms with Crippen LogP contribution in [0.3, 0.4) is 0 Å². The summed E-state index contributed by atoms with van der Waals surface area (Å²) in [5.74, 6) is 0.560. The third-order valence-corrected chi connectivity index (χ3v) is 2.03. The number of rotatable bonds is 2. The summed E-state index contributed by atoms with van der Waals surface area (Å²) in [6, 6.07) is 1.74. The van der Waals surface area contributed by atoms with Gasteiger partial charge in [-0.3, -0.25) is 4.90 Å².